The highest BCUT2D eigenvalue weighted by Crippen LogP contribution is 2.24. The molecule has 0 radical (unpaired) electrons. The van der Waals surface area contributed by atoms with E-state index < -0.39 is 74.6 Å². The maximum atomic E-state index is 9.86. The quantitative estimate of drug-likeness (QED) is 0.238. The summed E-state index contributed by atoms with van der Waals surface area (Å²) in [5, 5.41) is 71.2. The maximum Gasteiger partial charge on any atom is 0.211 e. The van der Waals surface area contributed by atoms with Crippen LogP contribution in [0, 0.1) is 0 Å². The molecule has 11 nitrogen and oxygen atoms in total. The zero-order valence-corrected chi connectivity index (χ0v) is 12.0. The Kier molecular flexibility index (Phi) is 5.77. The van der Waals surface area contributed by atoms with E-state index in [4.69, 9.17) is 20.7 Å². The monoisotopic (exact) mass is 343 g/mol. The second-order valence-electron chi connectivity index (χ2n) is 5.54. The minimum atomic E-state index is -1.75. The highest BCUT2D eigenvalue weighted by atomic mass is 16.7. The Morgan fingerprint density at radius 1 is 0.783 bits per heavy atom. The summed E-state index contributed by atoms with van der Waals surface area (Å²) in [6, 6.07) is 0. The Morgan fingerprint density at radius 2 is 1.39 bits per heavy atom. The van der Waals surface area contributed by atoms with Crippen molar-refractivity contribution in [3.05, 3.63) is 0 Å². The van der Waals surface area contributed by atoms with E-state index in [0.29, 0.717) is 0 Å². The Hall–Kier alpha value is -0.440. The van der Waals surface area contributed by atoms with Crippen LogP contribution in [0.5, 0.6) is 0 Å². The van der Waals surface area contributed by atoms with Crippen molar-refractivity contribution in [3.63, 3.8) is 0 Å². The Bertz CT molecular complexity index is 401. The van der Waals surface area contributed by atoms with E-state index >= 15 is 0 Å². The van der Waals surface area contributed by atoms with Crippen molar-refractivity contribution in [3.8, 4) is 0 Å². The predicted octanol–water partition coefficient (Wildman–Crippen LogP) is -5.40. The Labute approximate surface area is 132 Å². The van der Waals surface area contributed by atoms with Gasteiger partial charge in [-0.2, -0.15) is 0 Å². The molecule has 0 aromatic rings. The average Bonchev–Trinajstić information content (AvgIpc) is 2.57. The lowest BCUT2D eigenvalue weighted by molar-refractivity contribution is -0.325. The van der Waals surface area contributed by atoms with E-state index in [1.807, 2.05) is 0 Å². The van der Waals surface area contributed by atoms with Gasteiger partial charge in [-0.3, -0.25) is 0 Å². The minimum Gasteiger partial charge on any atom is -0.394 e. The number of rotatable bonds is 5. The van der Waals surface area contributed by atoms with Gasteiger partial charge < -0.3 is 55.1 Å². The molecule has 136 valence electrons. The number of hydrogen-bond acceptors (Lipinski definition) is 11. The molecule has 0 amide bonds. The van der Waals surface area contributed by atoms with E-state index in [1.165, 1.54) is 0 Å². The SMILES string of the molecule is [2H]O[C@H]1[C@@H](OC[C@H]2O[C@@H](O)[C@H](O)[C@@H](O)[C@@H]2O)O[C@H](CO)[C@H](O)[C@@H]1O. The molecule has 2 fully saturated rings. The summed E-state index contributed by atoms with van der Waals surface area (Å²) in [6.45, 7) is -1.09. The molecule has 0 saturated carbocycles. The van der Waals surface area contributed by atoms with Crippen LogP contribution < -0.4 is 0 Å². The topological polar surface area (TPSA) is 190 Å². The van der Waals surface area contributed by atoms with E-state index in [9.17, 15) is 30.6 Å². The first-order valence-corrected chi connectivity index (χ1v) is 7.05. The van der Waals surface area contributed by atoms with Gasteiger partial charge in [0, 0.05) is 0 Å². The third-order valence-electron chi connectivity index (χ3n) is 3.94. The molecule has 2 heterocycles. The number of ether oxygens (including phenoxy) is 3. The molecule has 10 atom stereocenters. The van der Waals surface area contributed by atoms with Crippen molar-refractivity contribution in [2.75, 3.05) is 13.2 Å². The average molecular weight is 343 g/mol. The summed E-state index contributed by atoms with van der Waals surface area (Å²) in [7, 11) is 0. The van der Waals surface area contributed by atoms with Crippen molar-refractivity contribution >= 4 is 0 Å². The Morgan fingerprint density at radius 3 is 2.00 bits per heavy atom. The van der Waals surface area contributed by atoms with Gasteiger partial charge in [0.05, 0.1) is 13.2 Å². The van der Waals surface area contributed by atoms with Crippen LogP contribution in [-0.4, -0.2) is 117 Å². The molecule has 2 saturated heterocycles. The highest BCUT2D eigenvalue weighted by molar-refractivity contribution is 4.91. The van der Waals surface area contributed by atoms with Gasteiger partial charge in [-0.15, -0.1) is 0 Å². The van der Waals surface area contributed by atoms with E-state index in [-0.39, 0.29) is 0 Å². The van der Waals surface area contributed by atoms with Gasteiger partial charge in [0.1, 0.15) is 48.8 Å². The van der Waals surface area contributed by atoms with Crippen LogP contribution >= 0.6 is 0 Å². The second-order valence-corrected chi connectivity index (χ2v) is 5.54. The summed E-state index contributed by atoms with van der Waals surface area (Å²) in [5.74, 6) is 0. The highest BCUT2D eigenvalue weighted by Gasteiger charge is 2.46. The smallest absolute Gasteiger partial charge is 0.211 e. The lowest BCUT2D eigenvalue weighted by Crippen LogP contribution is -2.61. The second kappa shape index (κ2) is 7.63. The van der Waals surface area contributed by atoms with Crippen LogP contribution in [-0.2, 0) is 14.2 Å². The summed E-state index contributed by atoms with van der Waals surface area (Å²) in [5.41, 5.74) is 0. The fourth-order valence-corrected chi connectivity index (χ4v) is 2.45. The summed E-state index contributed by atoms with van der Waals surface area (Å²) in [4.78, 5) is 0. The number of aliphatic hydroxyl groups is 8. The van der Waals surface area contributed by atoms with Crippen molar-refractivity contribution in [2.24, 2.45) is 0 Å². The molecule has 0 aromatic heterocycles. The van der Waals surface area contributed by atoms with Crippen molar-refractivity contribution in [2.45, 2.75) is 61.4 Å². The minimum absolute atomic E-state index is 0.465. The van der Waals surface area contributed by atoms with Crippen molar-refractivity contribution < 1.29 is 55.1 Å². The van der Waals surface area contributed by atoms with Crippen molar-refractivity contribution in [1.82, 2.24) is 0 Å². The fraction of sp³-hybridized carbons (Fsp3) is 1.00. The van der Waals surface area contributed by atoms with Crippen LogP contribution in [0.3, 0.4) is 0 Å². The third-order valence-corrected chi connectivity index (χ3v) is 3.94. The molecule has 2 aliphatic heterocycles. The first-order valence-electron chi connectivity index (χ1n) is 7.46. The fourth-order valence-electron chi connectivity index (χ4n) is 2.45. The molecule has 8 N–H and O–H groups in total. The molecule has 0 spiro atoms. The molecule has 2 aliphatic rings. The molecule has 0 aromatic carbocycles. The van der Waals surface area contributed by atoms with Crippen LogP contribution in [0.25, 0.3) is 0 Å². The van der Waals surface area contributed by atoms with Crippen LogP contribution in [0.2, 0.25) is 0 Å². The van der Waals surface area contributed by atoms with Gasteiger partial charge >= 0.3 is 0 Å². The van der Waals surface area contributed by atoms with Crippen LogP contribution in [0.15, 0.2) is 0 Å². The van der Waals surface area contributed by atoms with Gasteiger partial charge in [-0.1, -0.05) is 0 Å². The first kappa shape index (κ1) is 17.4. The lowest BCUT2D eigenvalue weighted by Gasteiger charge is -2.41. The molecule has 0 aliphatic carbocycles. The molecule has 0 unspecified atom stereocenters. The van der Waals surface area contributed by atoms with Crippen molar-refractivity contribution in [1.29, 1.82) is 1.43 Å². The predicted molar refractivity (Wildman–Crippen MR) is 68.6 cm³/mol. The van der Waals surface area contributed by atoms with Gasteiger partial charge in [0.25, 0.3) is 0 Å². The summed E-state index contributed by atoms with van der Waals surface area (Å²) in [6.07, 6.45) is -15.0. The van der Waals surface area contributed by atoms with E-state index in [1.54, 1.807) is 0 Å². The molecular weight excluding hydrogens is 320 g/mol. The standard InChI is InChI=1S/C12H22O11/c13-1-3-5(14)8(17)10(19)12(23-3)21-2-4-6(15)7(16)9(18)11(20)22-4/h3-20H,1-2H2/t3-,4-,5+,6-,7+,8+,9-,10-,11-,12+/m1/s1/i19D. The summed E-state index contributed by atoms with van der Waals surface area (Å²) >= 11 is 0. The van der Waals surface area contributed by atoms with Gasteiger partial charge in [0.15, 0.2) is 12.6 Å². The maximum absolute atomic E-state index is 9.86. The third kappa shape index (κ3) is 3.81. The van der Waals surface area contributed by atoms with Gasteiger partial charge in [-0.25, -0.2) is 0 Å². The molecule has 11 heteroatoms. The zero-order valence-electron chi connectivity index (χ0n) is 13.0. The number of hydrogen-bond donors (Lipinski definition) is 8. The normalized spacial score (nSPS) is 52.2. The molecular formula is C12H22O11. The number of aliphatic hydroxyl groups excluding tert-OH is 8. The largest absolute Gasteiger partial charge is 0.394 e. The lowest BCUT2D eigenvalue weighted by atomic mass is 9.98. The molecule has 23 heavy (non-hydrogen) atoms. The van der Waals surface area contributed by atoms with Crippen LogP contribution in [0.1, 0.15) is 0 Å². The van der Waals surface area contributed by atoms with Gasteiger partial charge in [0.2, 0.25) is 1.43 Å². The zero-order chi connectivity index (χ0) is 18.0. The van der Waals surface area contributed by atoms with E-state index in [2.05, 4.69) is 5.11 Å². The first-order chi connectivity index (χ1) is 11.3. The van der Waals surface area contributed by atoms with Gasteiger partial charge in [-0.05, 0) is 0 Å². The van der Waals surface area contributed by atoms with Crippen LogP contribution in [0.4, 0.5) is 0 Å². The molecule has 2 rings (SSSR count). The molecule has 0 bridgehead atoms. The Balaban J connectivity index is 1.98. The summed E-state index contributed by atoms with van der Waals surface area (Å²) < 4.78 is 22.3. The van der Waals surface area contributed by atoms with E-state index in [0.717, 1.165) is 0 Å².